The van der Waals surface area contributed by atoms with Gasteiger partial charge in [0.05, 0.1) is 5.92 Å². The molecule has 0 spiro atoms. The Labute approximate surface area is 138 Å². The van der Waals surface area contributed by atoms with E-state index in [1.165, 1.54) is 19.4 Å². The molecule has 0 bridgehead atoms. The Hall–Kier alpha value is -1.72. The van der Waals surface area contributed by atoms with Crippen molar-refractivity contribution < 1.29 is 4.52 Å². The van der Waals surface area contributed by atoms with Crippen molar-refractivity contribution in [3.8, 4) is 11.4 Å². The van der Waals surface area contributed by atoms with Gasteiger partial charge in [-0.1, -0.05) is 35.5 Å². The van der Waals surface area contributed by atoms with Gasteiger partial charge in [0.15, 0.2) is 0 Å². The van der Waals surface area contributed by atoms with Gasteiger partial charge < -0.3 is 14.3 Å². The van der Waals surface area contributed by atoms with Crippen molar-refractivity contribution >= 4 is 0 Å². The van der Waals surface area contributed by atoms with Gasteiger partial charge in [-0.25, -0.2) is 0 Å². The minimum atomic E-state index is 0.369. The quantitative estimate of drug-likeness (QED) is 0.820. The molecule has 3 rings (SSSR count). The van der Waals surface area contributed by atoms with Crippen LogP contribution >= 0.6 is 0 Å². The Balaban J connectivity index is 1.60. The van der Waals surface area contributed by atoms with Crippen LogP contribution in [0.3, 0.4) is 0 Å². The first-order valence-corrected chi connectivity index (χ1v) is 8.48. The van der Waals surface area contributed by atoms with Gasteiger partial charge in [-0.3, -0.25) is 0 Å². The average molecular weight is 314 g/mol. The molecule has 2 heterocycles. The molecular formula is C18H26N4O. The predicted molar refractivity (Wildman–Crippen MR) is 91.3 cm³/mol. The lowest BCUT2D eigenvalue weighted by molar-refractivity contribution is 0.180. The van der Waals surface area contributed by atoms with Crippen molar-refractivity contribution in [3.05, 3.63) is 36.2 Å². The third kappa shape index (κ3) is 4.39. The number of nitrogens with zero attached hydrogens (tertiary/aromatic N) is 4. The number of hydrogen-bond acceptors (Lipinski definition) is 5. The Morgan fingerprint density at radius 3 is 2.87 bits per heavy atom. The fourth-order valence-electron chi connectivity index (χ4n) is 3.18. The van der Waals surface area contributed by atoms with Crippen LogP contribution in [0.1, 0.15) is 31.1 Å². The molecule has 1 aromatic carbocycles. The van der Waals surface area contributed by atoms with Crippen molar-refractivity contribution in [3.63, 3.8) is 0 Å². The second kappa shape index (κ2) is 7.70. The molecule has 0 radical (unpaired) electrons. The summed E-state index contributed by atoms with van der Waals surface area (Å²) in [6, 6.07) is 10.0. The monoisotopic (exact) mass is 314 g/mol. The minimum absolute atomic E-state index is 0.369. The van der Waals surface area contributed by atoms with E-state index in [1.807, 2.05) is 30.3 Å². The fourth-order valence-corrected chi connectivity index (χ4v) is 3.18. The highest BCUT2D eigenvalue weighted by molar-refractivity contribution is 5.53. The standard InChI is InChI=1S/C18H26N4O/c1-21(2)11-7-13-22-12-6-10-16(14-22)18-19-17(20-23-18)15-8-4-3-5-9-15/h3-5,8-9,16H,6-7,10-14H2,1-2H3. The molecule has 1 atom stereocenters. The van der Waals surface area contributed by atoms with Gasteiger partial charge in [0.25, 0.3) is 0 Å². The zero-order valence-corrected chi connectivity index (χ0v) is 14.1. The SMILES string of the molecule is CN(C)CCCN1CCCC(c2nc(-c3ccccc3)no2)C1. The smallest absolute Gasteiger partial charge is 0.231 e. The second-order valence-electron chi connectivity index (χ2n) is 6.62. The largest absolute Gasteiger partial charge is 0.339 e. The van der Waals surface area contributed by atoms with E-state index < -0.39 is 0 Å². The number of hydrogen-bond donors (Lipinski definition) is 0. The topological polar surface area (TPSA) is 45.4 Å². The normalized spacial score (nSPS) is 19.3. The molecule has 0 N–H and O–H groups in total. The van der Waals surface area contributed by atoms with E-state index in [1.54, 1.807) is 0 Å². The van der Waals surface area contributed by atoms with E-state index >= 15 is 0 Å². The predicted octanol–water partition coefficient (Wildman–Crippen LogP) is 2.87. The first-order valence-electron chi connectivity index (χ1n) is 8.48. The van der Waals surface area contributed by atoms with Gasteiger partial charge in [0.2, 0.25) is 11.7 Å². The molecule has 1 aliphatic heterocycles. The molecule has 1 aromatic heterocycles. The third-order valence-corrected chi connectivity index (χ3v) is 4.41. The van der Waals surface area contributed by atoms with Crippen LogP contribution in [-0.2, 0) is 0 Å². The summed E-state index contributed by atoms with van der Waals surface area (Å²) in [6.45, 7) is 4.50. The van der Waals surface area contributed by atoms with Gasteiger partial charge in [-0.05, 0) is 53.0 Å². The first-order chi connectivity index (χ1) is 11.2. The Bertz CT molecular complexity index is 596. The summed E-state index contributed by atoms with van der Waals surface area (Å²) in [6.07, 6.45) is 3.55. The van der Waals surface area contributed by atoms with E-state index in [0.29, 0.717) is 11.7 Å². The van der Waals surface area contributed by atoms with Crippen LogP contribution in [0.25, 0.3) is 11.4 Å². The zero-order valence-electron chi connectivity index (χ0n) is 14.1. The van der Waals surface area contributed by atoms with Crippen molar-refractivity contribution in [1.82, 2.24) is 19.9 Å². The van der Waals surface area contributed by atoms with Crippen LogP contribution < -0.4 is 0 Å². The van der Waals surface area contributed by atoms with Crippen molar-refractivity contribution in [2.75, 3.05) is 40.3 Å². The summed E-state index contributed by atoms with van der Waals surface area (Å²) in [5.41, 5.74) is 1.01. The summed E-state index contributed by atoms with van der Waals surface area (Å²) >= 11 is 0. The average Bonchev–Trinajstić information content (AvgIpc) is 3.06. The highest BCUT2D eigenvalue weighted by Gasteiger charge is 2.25. The lowest BCUT2D eigenvalue weighted by Crippen LogP contribution is -2.36. The maximum atomic E-state index is 5.55. The Morgan fingerprint density at radius 1 is 1.26 bits per heavy atom. The summed E-state index contributed by atoms with van der Waals surface area (Å²) in [7, 11) is 4.26. The highest BCUT2D eigenvalue weighted by atomic mass is 16.5. The number of likely N-dealkylation sites (tertiary alicyclic amines) is 1. The van der Waals surface area contributed by atoms with E-state index in [-0.39, 0.29) is 0 Å². The van der Waals surface area contributed by atoms with Crippen LogP contribution in [0.15, 0.2) is 34.9 Å². The zero-order chi connectivity index (χ0) is 16.1. The molecule has 1 unspecified atom stereocenters. The van der Waals surface area contributed by atoms with Crippen molar-refractivity contribution in [2.24, 2.45) is 0 Å². The number of benzene rings is 1. The molecule has 23 heavy (non-hydrogen) atoms. The second-order valence-corrected chi connectivity index (χ2v) is 6.62. The Morgan fingerprint density at radius 2 is 2.09 bits per heavy atom. The molecule has 1 aliphatic rings. The van der Waals surface area contributed by atoms with E-state index in [9.17, 15) is 0 Å². The highest BCUT2D eigenvalue weighted by Crippen LogP contribution is 2.27. The lowest BCUT2D eigenvalue weighted by Gasteiger charge is -2.31. The summed E-state index contributed by atoms with van der Waals surface area (Å²) < 4.78 is 5.55. The van der Waals surface area contributed by atoms with Crippen LogP contribution in [0, 0.1) is 0 Å². The minimum Gasteiger partial charge on any atom is -0.339 e. The first kappa shape index (κ1) is 16.1. The molecule has 5 nitrogen and oxygen atoms in total. The molecule has 1 saturated heterocycles. The van der Waals surface area contributed by atoms with E-state index in [2.05, 4.69) is 34.0 Å². The molecule has 0 saturated carbocycles. The molecular weight excluding hydrogens is 288 g/mol. The van der Waals surface area contributed by atoms with Crippen LogP contribution in [0.2, 0.25) is 0 Å². The number of rotatable bonds is 6. The summed E-state index contributed by atoms with van der Waals surface area (Å²) in [5, 5.41) is 4.16. The van der Waals surface area contributed by atoms with Gasteiger partial charge >= 0.3 is 0 Å². The van der Waals surface area contributed by atoms with Crippen molar-refractivity contribution in [2.45, 2.75) is 25.2 Å². The fraction of sp³-hybridized carbons (Fsp3) is 0.556. The van der Waals surface area contributed by atoms with E-state index in [0.717, 1.165) is 37.5 Å². The Kier molecular flexibility index (Phi) is 5.41. The van der Waals surface area contributed by atoms with Gasteiger partial charge in [0, 0.05) is 12.1 Å². The molecule has 5 heteroatoms. The maximum absolute atomic E-state index is 5.55. The summed E-state index contributed by atoms with van der Waals surface area (Å²) in [5.74, 6) is 1.86. The van der Waals surface area contributed by atoms with Crippen LogP contribution in [0.4, 0.5) is 0 Å². The van der Waals surface area contributed by atoms with Gasteiger partial charge in [0.1, 0.15) is 0 Å². The maximum Gasteiger partial charge on any atom is 0.231 e. The van der Waals surface area contributed by atoms with Crippen molar-refractivity contribution in [1.29, 1.82) is 0 Å². The van der Waals surface area contributed by atoms with E-state index in [4.69, 9.17) is 4.52 Å². The van der Waals surface area contributed by atoms with Crippen LogP contribution in [0.5, 0.6) is 0 Å². The lowest BCUT2D eigenvalue weighted by atomic mass is 9.98. The molecule has 124 valence electrons. The van der Waals surface area contributed by atoms with Gasteiger partial charge in [-0.15, -0.1) is 0 Å². The molecule has 2 aromatic rings. The van der Waals surface area contributed by atoms with Crippen LogP contribution in [-0.4, -0.2) is 60.2 Å². The molecule has 0 amide bonds. The summed E-state index contributed by atoms with van der Waals surface area (Å²) in [4.78, 5) is 9.41. The number of aromatic nitrogens is 2. The number of piperidine rings is 1. The third-order valence-electron chi connectivity index (χ3n) is 4.41. The molecule has 1 fully saturated rings. The van der Waals surface area contributed by atoms with Gasteiger partial charge in [-0.2, -0.15) is 4.98 Å². The molecule has 0 aliphatic carbocycles.